The quantitative estimate of drug-likeness (QED) is 0.327. The summed E-state index contributed by atoms with van der Waals surface area (Å²) in [5.41, 5.74) is 5.54. The first kappa shape index (κ1) is 25.1. The standard InChI is InChI=1S/C27H26ClF3N2O2S/c28-36(34,32-22-13-15-23(16-14-22)35-27(29,30)31)33-17-5-8-21(18-33)26-24-9-3-1-6-19(24)11-12-20-7-2-4-10-25(20)26/h1-4,6-7,9-10,13-16,21,26H,5,8,11-12,17-18H2. The van der Waals surface area contributed by atoms with Crippen LogP contribution in [0.15, 0.2) is 77.2 Å². The summed E-state index contributed by atoms with van der Waals surface area (Å²) in [6, 6.07) is 22.0. The van der Waals surface area contributed by atoms with Gasteiger partial charge >= 0.3 is 6.36 Å². The molecule has 0 radical (unpaired) electrons. The van der Waals surface area contributed by atoms with E-state index in [9.17, 15) is 17.4 Å². The Hall–Kier alpha value is -2.55. The normalized spacial score (nSPS) is 20.5. The van der Waals surface area contributed by atoms with Gasteiger partial charge in [-0.3, -0.25) is 0 Å². The molecule has 3 aromatic rings. The summed E-state index contributed by atoms with van der Waals surface area (Å²) in [5, 5.41) is 0. The van der Waals surface area contributed by atoms with Crippen LogP contribution in [0.2, 0.25) is 0 Å². The Bertz CT molecular complexity index is 1310. The first-order valence-electron chi connectivity index (χ1n) is 11.9. The van der Waals surface area contributed by atoms with E-state index in [1.54, 1.807) is 4.31 Å². The summed E-state index contributed by atoms with van der Waals surface area (Å²) >= 11 is 0. The number of alkyl halides is 3. The summed E-state index contributed by atoms with van der Waals surface area (Å²) in [7, 11) is 3.21. The minimum atomic E-state index is -4.78. The molecule has 1 heterocycles. The SMILES string of the molecule is O=S(Cl)(=Nc1ccc(OC(F)(F)F)cc1)N1CCCC(C2c3ccccc3CCc3ccccc32)C1. The minimum absolute atomic E-state index is 0.161. The smallest absolute Gasteiger partial charge is 0.406 e. The third kappa shape index (κ3) is 5.56. The van der Waals surface area contributed by atoms with Gasteiger partial charge in [0.1, 0.15) is 5.75 Å². The second-order valence-corrected chi connectivity index (χ2v) is 12.0. The lowest BCUT2D eigenvalue weighted by Crippen LogP contribution is -2.39. The van der Waals surface area contributed by atoms with Crippen molar-refractivity contribution in [3.05, 3.63) is 95.1 Å². The maximum absolute atomic E-state index is 13.5. The van der Waals surface area contributed by atoms with E-state index in [4.69, 9.17) is 10.7 Å². The number of hydrogen-bond acceptors (Lipinski definition) is 3. The van der Waals surface area contributed by atoms with E-state index in [2.05, 4.69) is 57.6 Å². The van der Waals surface area contributed by atoms with Crippen molar-refractivity contribution in [3.8, 4) is 5.75 Å². The van der Waals surface area contributed by atoms with Crippen molar-refractivity contribution in [2.24, 2.45) is 10.3 Å². The van der Waals surface area contributed by atoms with Crippen LogP contribution in [0.5, 0.6) is 5.75 Å². The molecule has 0 amide bonds. The van der Waals surface area contributed by atoms with Crippen molar-refractivity contribution in [1.82, 2.24) is 4.31 Å². The van der Waals surface area contributed by atoms with E-state index >= 15 is 0 Å². The molecule has 0 saturated carbocycles. The van der Waals surface area contributed by atoms with E-state index in [0.717, 1.165) is 37.8 Å². The lowest BCUT2D eigenvalue weighted by Gasteiger charge is -2.37. The molecule has 1 aliphatic heterocycles. The molecule has 0 bridgehead atoms. The lowest BCUT2D eigenvalue weighted by molar-refractivity contribution is -0.274. The fourth-order valence-electron chi connectivity index (χ4n) is 5.42. The van der Waals surface area contributed by atoms with Gasteiger partial charge in [-0.15, -0.1) is 13.2 Å². The van der Waals surface area contributed by atoms with Crippen LogP contribution >= 0.6 is 10.7 Å². The Balaban J connectivity index is 1.43. The van der Waals surface area contributed by atoms with Crippen molar-refractivity contribution >= 4 is 25.5 Å². The number of rotatable bonds is 4. The highest BCUT2D eigenvalue weighted by Gasteiger charge is 2.36. The summed E-state index contributed by atoms with van der Waals surface area (Å²) in [4.78, 5) is 0. The number of fused-ring (bicyclic) bond motifs is 2. The Morgan fingerprint density at radius 1 is 0.917 bits per heavy atom. The maximum atomic E-state index is 13.5. The van der Waals surface area contributed by atoms with Crippen molar-refractivity contribution in [2.75, 3.05) is 13.1 Å². The van der Waals surface area contributed by atoms with E-state index in [1.165, 1.54) is 34.4 Å². The predicted molar refractivity (Wildman–Crippen MR) is 136 cm³/mol. The molecule has 9 heteroatoms. The Labute approximate surface area is 213 Å². The predicted octanol–water partition coefficient (Wildman–Crippen LogP) is 7.40. The highest BCUT2D eigenvalue weighted by atomic mass is 35.7. The molecule has 0 spiro atoms. The second-order valence-electron chi connectivity index (χ2n) is 9.23. The van der Waals surface area contributed by atoms with Crippen LogP contribution in [0.25, 0.3) is 0 Å². The molecular weight excluding hydrogens is 509 g/mol. The zero-order valence-electron chi connectivity index (χ0n) is 19.5. The number of aryl methyl sites for hydroxylation is 2. The molecule has 36 heavy (non-hydrogen) atoms. The number of hydrogen-bond donors (Lipinski definition) is 0. The molecule has 0 N–H and O–H groups in total. The Morgan fingerprint density at radius 2 is 1.50 bits per heavy atom. The molecule has 3 aromatic carbocycles. The molecule has 190 valence electrons. The van der Waals surface area contributed by atoms with Gasteiger partial charge in [-0.05, 0) is 78.1 Å². The second kappa shape index (κ2) is 10.1. The van der Waals surface area contributed by atoms with Crippen LogP contribution in [-0.4, -0.2) is 28.0 Å². The molecule has 1 saturated heterocycles. The van der Waals surface area contributed by atoms with E-state index < -0.39 is 15.5 Å². The van der Waals surface area contributed by atoms with E-state index in [-0.39, 0.29) is 23.3 Å². The Kier molecular flexibility index (Phi) is 7.03. The van der Waals surface area contributed by atoms with Gasteiger partial charge in [-0.1, -0.05) is 48.5 Å². The van der Waals surface area contributed by atoms with Gasteiger partial charge in [0.2, 0.25) is 9.13 Å². The van der Waals surface area contributed by atoms with Crippen LogP contribution in [0.1, 0.15) is 41.0 Å². The van der Waals surface area contributed by atoms with Gasteiger partial charge in [-0.2, -0.15) is 4.36 Å². The lowest BCUT2D eigenvalue weighted by atomic mass is 9.76. The average molecular weight is 535 g/mol. The highest BCUT2D eigenvalue weighted by Crippen LogP contribution is 2.43. The maximum Gasteiger partial charge on any atom is 0.573 e. The zero-order chi connectivity index (χ0) is 25.3. The Morgan fingerprint density at radius 3 is 2.08 bits per heavy atom. The van der Waals surface area contributed by atoms with Crippen molar-refractivity contribution in [1.29, 1.82) is 0 Å². The summed E-state index contributed by atoms with van der Waals surface area (Å²) in [6.45, 7) is 1.04. The summed E-state index contributed by atoms with van der Waals surface area (Å²) in [5.74, 6) is -0.0175. The van der Waals surface area contributed by atoms with E-state index in [0.29, 0.717) is 13.1 Å². The third-order valence-electron chi connectivity index (χ3n) is 6.94. The van der Waals surface area contributed by atoms with Gasteiger partial charge in [0.05, 0.1) is 5.69 Å². The van der Waals surface area contributed by atoms with Crippen LogP contribution in [0.3, 0.4) is 0 Å². The van der Waals surface area contributed by atoms with Crippen molar-refractivity contribution < 1.29 is 22.1 Å². The van der Waals surface area contributed by atoms with Gasteiger partial charge in [0.25, 0.3) is 0 Å². The third-order valence-corrected chi connectivity index (χ3v) is 9.14. The fourth-order valence-corrected chi connectivity index (χ4v) is 7.26. The van der Waals surface area contributed by atoms with Gasteiger partial charge < -0.3 is 4.74 Å². The topological polar surface area (TPSA) is 41.9 Å². The number of halogens is 4. The summed E-state index contributed by atoms with van der Waals surface area (Å²) in [6.07, 6.45) is -1.02. The molecule has 5 rings (SSSR count). The van der Waals surface area contributed by atoms with Crippen LogP contribution < -0.4 is 4.74 Å². The number of nitrogens with zero attached hydrogens (tertiary/aromatic N) is 2. The largest absolute Gasteiger partial charge is 0.573 e. The molecule has 2 aliphatic rings. The van der Waals surface area contributed by atoms with Crippen LogP contribution in [0.4, 0.5) is 18.9 Å². The van der Waals surface area contributed by atoms with Crippen molar-refractivity contribution in [2.45, 2.75) is 38.0 Å². The molecule has 0 aromatic heterocycles. The van der Waals surface area contributed by atoms with Crippen molar-refractivity contribution in [3.63, 3.8) is 0 Å². The van der Waals surface area contributed by atoms with E-state index in [1.807, 2.05) is 0 Å². The molecule has 1 aliphatic carbocycles. The number of ether oxygens (including phenoxy) is 1. The van der Waals surface area contributed by atoms with Crippen LogP contribution in [-0.2, 0) is 22.0 Å². The zero-order valence-corrected chi connectivity index (χ0v) is 21.0. The first-order valence-corrected chi connectivity index (χ1v) is 14.2. The summed E-state index contributed by atoms with van der Waals surface area (Å²) < 4.78 is 60.7. The van der Waals surface area contributed by atoms with Gasteiger partial charge in [0.15, 0.2) is 0 Å². The molecule has 2 atom stereocenters. The number of piperidine rings is 1. The monoisotopic (exact) mass is 534 g/mol. The molecule has 1 fully saturated rings. The fraction of sp³-hybridized carbons (Fsp3) is 0.333. The van der Waals surface area contributed by atoms with Gasteiger partial charge in [-0.25, -0.2) is 8.51 Å². The first-order chi connectivity index (χ1) is 17.2. The highest BCUT2D eigenvalue weighted by molar-refractivity contribution is 8.13. The van der Waals surface area contributed by atoms with Crippen LogP contribution in [0, 0.1) is 5.92 Å². The van der Waals surface area contributed by atoms with Gasteiger partial charge in [0, 0.05) is 29.7 Å². The molecule has 4 nitrogen and oxygen atoms in total. The average Bonchev–Trinajstić information content (AvgIpc) is 3.01. The molecule has 2 unspecified atom stereocenters. The number of benzene rings is 3. The minimum Gasteiger partial charge on any atom is -0.406 e. The molecular formula is C27H26ClF3N2O2S.